The number of nitrogens with zero attached hydrogens (tertiary/aromatic N) is 4. The average molecular weight is 480 g/mol. The Bertz CT molecular complexity index is 1190. The van der Waals surface area contributed by atoms with Crippen LogP contribution in [0, 0.1) is 10.1 Å². The maximum Gasteiger partial charge on any atom is 0.270 e. The molecule has 5 rings (SSSR count). The minimum Gasteiger partial charge on any atom is -0.378 e. The number of rotatable bonds is 6. The van der Waals surface area contributed by atoms with Gasteiger partial charge in [0.25, 0.3) is 11.6 Å². The molecule has 0 unspecified atom stereocenters. The van der Waals surface area contributed by atoms with Crippen molar-refractivity contribution in [2.45, 2.75) is 19.5 Å². The van der Waals surface area contributed by atoms with E-state index in [0.29, 0.717) is 37.1 Å². The highest BCUT2D eigenvalue weighted by molar-refractivity contribution is 7.15. The first kappa shape index (κ1) is 22.5. The van der Waals surface area contributed by atoms with Gasteiger partial charge in [-0.05, 0) is 11.6 Å². The third kappa shape index (κ3) is 4.93. The van der Waals surface area contributed by atoms with Crippen molar-refractivity contribution in [2.75, 3.05) is 43.1 Å². The zero-order valence-corrected chi connectivity index (χ0v) is 19.4. The van der Waals surface area contributed by atoms with Crippen LogP contribution in [0.2, 0.25) is 0 Å². The second-order valence-electron chi connectivity index (χ2n) is 8.35. The molecule has 2 aliphatic heterocycles. The third-order valence-corrected chi connectivity index (χ3v) is 7.06. The number of hydrogen-bond acceptors (Lipinski definition) is 8. The van der Waals surface area contributed by atoms with Crippen molar-refractivity contribution in [3.05, 3.63) is 80.3 Å². The number of non-ortho nitro benzene ring substituents is 1. The molecular formula is C24H25N5O4S. The Balaban J connectivity index is 1.33. The first-order valence-corrected chi connectivity index (χ1v) is 12.1. The van der Waals surface area contributed by atoms with Crippen molar-refractivity contribution < 1.29 is 14.5 Å². The highest BCUT2D eigenvalue weighted by Gasteiger charge is 2.25. The van der Waals surface area contributed by atoms with Crippen LogP contribution in [0.4, 0.5) is 16.5 Å². The molecule has 34 heavy (non-hydrogen) atoms. The average Bonchev–Trinajstić information content (AvgIpc) is 3.26. The lowest BCUT2D eigenvalue weighted by Crippen LogP contribution is -2.37. The van der Waals surface area contributed by atoms with E-state index in [1.807, 2.05) is 23.1 Å². The minimum absolute atomic E-state index is 0.114. The molecular weight excluding hydrogens is 454 g/mol. The van der Waals surface area contributed by atoms with Gasteiger partial charge in [-0.1, -0.05) is 30.3 Å². The van der Waals surface area contributed by atoms with Gasteiger partial charge in [-0.2, -0.15) is 0 Å². The van der Waals surface area contributed by atoms with E-state index in [1.54, 1.807) is 6.07 Å². The number of nitro groups is 1. The number of fused-ring (bicyclic) bond motifs is 1. The summed E-state index contributed by atoms with van der Waals surface area (Å²) in [6, 6.07) is 14.8. The molecule has 0 saturated carbocycles. The maximum atomic E-state index is 13.2. The fraction of sp³-hybridized carbons (Fsp3) is 0.333. The summed E-state index contributed by atoms with van der Waals surface area (Å²) in [4.78, 5) is 34.3. The van der Waals surface area contributed by atoms with Crippen molar-refractivity contribution in [1.82, 2.24) is 9.88 Å². The van der Waals surface area contributed by atoms with Gasteiger partial charge in [-0.3, -0.25) is 25.1 Å². The van der Waals surface area contributed by atoms with Gasteiger partial charge >= 0.3 is 0 Å². The summed E-state index contributed by atoms with van der Waals surface area (Å²) in [6.07, 6.45) is 0.824. The van der Waals surface area contributed by atoms with Gasteiger partial charge in [0.1, 0.15) is 0 Å². The molecule has 0 bridgehead atoms. The van der Waals surface area contributed by atoms with Gasteiger partial charge in [0.05, 0.1) is 35.1 Å². The molecule has 1 saturated heterocycles. The number of morpholine rings is 1. The second-order valence-corrected chi connectivity index (χ2v) is 9.43. The number of hydrogen-bond donors (Lipinski definition) is 1. The normalized spacial score (nSPS) is 16.2. The molecule has 2 aliphatic rings. The molecule has 3 aromatic rings. The number of aromatic nitrogens is 1. The molecule has 1 fully saturated rings. The molecule has 0 atom stereocenters. The van der Waals surface area contributed by atoms with E-state index in [9.17, 15) is 14.9 Å². The van der Waals surface area contributed by atoms with Crippen LogP contribution in [0.25, 0.3) is 0 Å². The van der Waals surface area contributed by atoms with Crippen molar-refractivity contribution in [3.63, 3.8) is 0 Å². The summed E-state index contributed by atoms with van der Waals surface area (Å²) < 4.78 is 5.41. The molecule has 1 N–H and O–H groups in total. The van der Waals surface area contributed by atoms with Crippen molar-refractivity contribution in [3.8, 4) is 0 Å². The molecule has 10 heteroatoms. The van der Waals surface area contributed by atoms with Crippen LogP contribution in [0.5, 0.6) is 0 Å². The lowest BCUT2D eigenvalue weighted by molar-refractivity contribution is -0.384. The summed E-state index contributed by atoms with van der Waals surface area (Å²) in [6.45, 7) is 4.92. The lowest BCUT2D eigenvalue weighted by Gasteiger charge is -2.30. The van der Waals surface area contributed by atoms with Crippen LogP contribution in [-0.2, 0) is 24.2 Å². The molecule has 1 aromatic heterocycles. The van der Waals surface area contributed by atoms with Gasteiger partial charge < -0.3 is 9.64 Å². The molecule has 2 aromatic carbocycles. The van der Waals surface area contributed by atoms with Crippen LogP contribution < -0.4 is 10.2 Å². The molecule has 0 radical (unpaired) electrons. The monoisotopic (exact) mass is 479 g/mol. The number of ether oxygens (including phenoxy) is 1. The van der Waals surface area contributed by atoms with Crippen molar-refractivity contribution >= 4 is 33.8 Å². The van der Waals surface area contributed by atoms with Gasteiger partial charge in [0.2, 0.25) is 0 Å². The number of carbonyl (C=O) groups excluding carboxylic acids is 1. The van der Waals surface area contributed by atoms with Gasteiger partial charge in [0, 0.05) is 56.2 Å². The Kier molecular flexibility index (Phi) is 6.52. The fourth-order valence-corrected chi connectivity index (χ4v) is 5.39. The SMILES string of the molecule is O=C(Nc1nc2c(s1)CN(Cc1ccccc1)CC2)c1cc([N+](=O)[O-])ccc1N1CCOCC1. The molecule has 1 amide bonds. The number of benzene rings is 2. The number of amides is 1. The summed E-state index contributed by atoms with van der Waals surface area (Å²) >= 11 is 1.47. The zero-order valence-electron chi connectivity index (χ0n) is 18.6. The smallest absolute Gasteiger partial charge is 0.270 e. The van der Waals surface area contributed by atoms with Crippen LogP contribution in [-0.4, -0.2) is 53.6 Å². The quantitative estimate of drug-likeness (QED) is 0.425. The Morgan fingerprint density at radius 3 is 2.71 bits per heavy atom. The van der Waals surface area contributed by atoms with E-state index in [1.165, 1.54) is 29.0 Å². The topological polar surface area (TPSA) is 101 Å². The van der Waals surface area contributed by atoms with Crippen LogP contribution in [0.15, 0.2) is 48.5 Å². The summed E-state index contributed by atoms with van der Waals surface area (Å²) in [7, 11) is 0. The summed E-state index contributed by atoms with van der Waals surface area (Å²) in [5.74, 6) is -0.391. The highest BCUT2D eigenvalue weighted by Crippen LogP contribution is 2.31. The predicted octanol–water partition coefficient (Wildman–Crippen LogP) is 3.70. The van der Waals surface area contributed by atoms with Crippen LogP contribution in [0.1, 0.15) is 26.5 Å². The summed E-state index contributed by atoms with van der Waals surface area (Å²) in [5.41, 5.74) is 3.11. The standard InChI is InChI=1S/C24H25N5O4S/c30-23(19-14-18(29(31)32)6-7-21(19)28-10-12-33-13-11-28)26-24-25-20-8-9-27(16-22(20)34-24)15-17-4-2-1-3-5-17/h1-7,14H,8-13,15-16H2,(H,25,26,30). The van der Waals surface area contributed by atoms with E-state index in [-0.39, 0.29) is 11.3 Å². The van der Waals surface area contributed by atoms with Crippen molar-refractivity contribution in [1.29, 1.82) is 0 Å². The van der Waals surface area contributed by atoms with Crippen LogP contribution in [0.3, 0.4) is 0 Å². The third-order valence-electron chi connectivity index (χ3n) is 6.07. The minimum atomic E-state index is -0.483. The predicted molar refractivity (Wildman–Crippen MR) is 130 cm³/mol. The first-order chi connectivity index (χ1) is 16.6. The number of thiazole rings is 1. The fourth-order valence-electron chi connectivity index (χ4n) is 4.34. The van der Waals surface area contributed by atoms with E-state index in [4.69, 9.17) is 4.74 Å². The lowest BCUT2D eigenvalue weighted by atomic mass is 10.1. The first-order valence-electron chi connectivity index (χ1n) is 11.2. The Morgan fingerprint density at radius 2 is 1.94 bits per heavy atom. The maximum absolute atomic E-state index is 13.2. The van der Waals surface area contributed by atoms with Gasteiger partial charge in [-0.25, -0.2) is 4.98 Å². The Hall–Kier alpha value is -3.34. The molecule has 0 spiro atoms. The van der Waals surface area contributed by atoms with E-state index >= 15 is 0 Å². The van der Waals surface area contributed by atoms with E-state index < -0.39 is 10.8 Å². The van der Waals surface area contributed by atoms with Crippen molar-refractivity contribution in [2.24, 2.45) is 0 Å². The Morgan fingerprint density at radius 1 is 1.15 bits per heavy atom. The number of nitrogens with one attached hydrogen (secondary N) is 1. The molecule has 176 valence electrons. The van der Waals surface area contributed by atoms with Gasteiger partial charge in [0.15, 0.2) is 5.13 Å². The van der Waals surface area contributed by atoms with E-state index in [2.05, 4.69) is 27.3 Å². The van der Waals surface area contributed by atoms with E-state index in [0.717, 1.165) is 36.6 Å². The number of nitro benzene ring substituents is 1. The molecule has 9 nitrogen and oxygen atoms in total. The second kappa shape index (κ2) is 9.88. The van der Waals surface area contributed by atoms with Crippen LogP contribution >= 0.6 is 11.3 Å². The largest absolute Gasteiger partial charge is 0.378 e. The number of anilines is 2. The Labute approximate surface area is 201 Å². The molecule has 0 aliphatic carbocycles. The highest BCUT2D eigenvalue weighted by atomic mass is 32.1. The number of carbonyl (C=O) groups is 1. The molecule has 3 heterocycles. The van der Waals surface area contributed by atoms with Gasteiger partial charge in [-0.15, -0.1) is 11.3 Å². The zero-order chi connectivity index (χ0) is 23.5. The summed E-state index contributed by atoms with van der Waals surface area (Å²) in [5, 5.41) is 14.8.